The normalized spacial score (nSPS) is 12.7. The third-order valence-corrected chi connectivity index (χ3v) is 3.88. The van der Waals surface area contributed by atoms with Crippen LogP contribution in [0.5, 0.6) is 0 Å². The van der Waals surface area contributed by atoms with Gasteiger partial charge in [0, 0.05) is 17.9 Å². The number of carbonyl (C=O) groups excluding carboxylic acids is 1. The molecule has 2 N–H and O–H groups in total. The average Bonchev–Trinajstić information content (AvgIpc) is 2.89. The minimum atomic E-state index is -0.548. The Kier molecular flexibility index (Phi) is 3.44. The fourth-order valence-corrected chi connectivity index (χ4v) is 2.63. The summed E-state index contributed by atoms with van der Waals surface area (Å²) < 4.78 is 14.1. The third-order valence-electron chi connectivity index (χ3n) is 3.27. The van der Waals surface area contributed by atoms with Crippen molar-refractivity contribution in [2.75, 3.05) is 17.2 Å². The monoisotopic (exact) mass is 334 g/mol. The van der Waals surface area contributed by atoms with Gasteiger partial charge in [0.2, 0.25) is 0 Å². The van der Waals surface area contributed by atoms with Crippen molar-refractivity contribution in [3.63, 3.8) is 0 Å². The number of nitrogens with one attached hydrogen (secondary N) is 2. The summed E-state index contributed by atoms with van der Waals surface area (Å²) in [5.74, 6) is -0.998. The van der Waals surface area contributed by atoms with Crippen LogP contribution in [0, 0.1) is 5.82 Å². The molecule has 5 heteroatoms. The molecule has 0 bridgehead atoms. The Morgan fingerprint density at radius 3 is 3.00 bits per heavy atom. The second-order valence-corrected chi connectivity index (χ2v) is 5.46. The third kappa shape index (κ3) is 2.41. The number of carbonyl (C=O) groups is 1. The fraction of sp³-hybridized carbons (Fsp3) is 0.133. The van der Waals surface area contributed by atoms with Gasteiger partial charge in [0.1, 0.15) is 5.82 Å². The van der Waals surface area contributed by atoms with Crippen LogP contribution >= 0.6 is 15.9 Å². The van der Waals surface area contributed by atoms with Gasteiger partial charge in [-0.15, -0.1) is 0 Å². The second kappa shape index (κ2) is 5.25. The highest BCUT2D eigenvalue weighted by Gasteiger charge is 2.15. The van der Waals surface area contributed by atoms with E-state index in [1.54, 1.807) is 12.1 Å². The lowest BCUT2D eigenvalue weighted by Gasteiger charge is -2.08. The molecular weight excluding hydrogens is 323 g/mol. The molecule has 0 saturated heterocycles. The Bertz CT molecular complexity index is 688. The molecule has 0 fully saturated rings. The van der Waals surface area contributed by atoms with E-state index in [1.165, 1.54) is 6.07 Å². The van der Waals surface area contributed by atoms with E-state index >= 15 is 0 Å². The molecule has 2 aromatic rings. The predicted molar refractivity (Wildman–Crippen MR) is 80.7 cm³/mol. The van der Waals surface area contributed by atoms with Crippen molar-refractivity contribution in [3.8, 4) is 0 Å². The second-order valence-electron chi connectivity index (χ2n) is 4.60. The molecule has 1 amide bonds. The zero-order chi connectivity index (χ0) is 14.1. The predicted octanol–water partition coefficient (Wildman–Crippen LogP) is 3.81. The molecule has 3 rings (SSSR count). The molecule has 0 radical (unpaired) electrons. The van der Waals surface area contributed by atoms with E-state index < -0.39 is 11.7 Å². The lowest BCUT2D eigenvalue weighted by Crippen LogP contribution is -2.14. The van der Waals surface area contributed by atoms with Gasteiger partial charge in [-0.05, 0) is 58.2 Å². The fourth-order valence-electron chi connectivity index (χ4n) is 2.26. The summed E-state index contributed by atoms with van der Waals surface area (Å²) in [6.07, 6.45) is 0.935. The van der Waals surface area contributed by atoms with Gasteiger partial charge < -0.3 is 10.6 Å². The molecule has 0 spiro atoms. The zero-order valence-corrected chi connectivity index (χ0v) is 12.1. The first-order chi connectivity index (χ1) is 9.65. The quantitative estimate of drug-likeness (QED) is 0.876. The van der Waals surface area contributed by atoms with Crippen LogP contribution in [0.4, 0.5) is 15.8 Å². The van der Waals surface area contributed by atoms with Crippen molar-refractivity contribution >= 4 is 33.2 Å². The summed E-state index contributed by atoms with van der Waals surface area (Å²) >= 11 is 3.08. The van der Waals surface area contributed by atoms with E-state index in [0.29, 0.717) is 5.69 Å². The van der Waals surface area contributed by atoms with Crippen LogP contribution in [0.2, 0.25) is 0 Å². The maximum absolute atomic E-state index is 13.9. The number of hydrogen-bond acceptors (Lipinski definition) is 2. The van der Waals surface area contributed by atoms with E-state index in [2.05, 4.69) is 26.6 Å². The first kappa shape index (κ1) is 13.1. The topological polar surface area (TPSA) is 41.1 Å². The van der Waals surface area contributed by atoms with Crippen LogP contribution < -0.4 is 10.6 Å². The summed E-state index contributed by atoms with van der Waals surface area (Å²) in [5.41, 5.74) is 2.96. The number of amides is 1. The Labute approximate surface area is 124 Å². The van der Waals surface area contributed by atoms with Crippen LogP contribution in [0.3, 0.4) is 0 Å². The van der Waals surface area contributed by atoms with Crippen LogP contribution in [-0.2, 0) is 6.42 Å². The van der Waals surface area contributed by atoms with E-state index in [0.717, 1.165) is 24.2 Å². The van der Waals surface area contributed by atoms with Gasteiger partial charge >= 0.3 is 0 Å². The highest BCUT2D eigenvalue weighted by atomic mass is 79.9. The smallest absolute Gasteiger partial charge is 0.258 e. The standard InChI is InChI=1S/C15H12BrFN2O/c16-12-3-1-2-11(14(12)17)15(20)19-10-4-5-13-9(8-10)6-7-18-13/h1-5,8,18H,6-7H2,(H,19,20). The van der Waals surface area contributed by atoms with E-state index in [-0.39, 0.29) is 10.0 Å². The molecule has 0 aliphatic carbocycles. The molecule has 0 atom stereocenters. The van der Waals surface area contributed by atoms with Crippen molar-refractivity contribution in [2.45, 2.75) is 6.42 Å². The molecule has 1 aliphatic heterocycles. The molecule has 2 aromatic carbocycles. The zero-order valence-electron chi connectivity index (χ0n) is 10.5. The van der Waals surface area contributed by atoms with Crippen molar-refractivity contribution in [3.05, 3.63) is 57.8 Å². The SMILES string of the molecule is O=C(Nc1ccc2c(c1)CCN2)c1cccc(Br)c1F. The molecular formula is C15H12BrFN2O. The first-order valence-electron chi connectivity index (χ1n) is 6.27. The van der Waals surface area contributed by atoms with Gasteiger partial charge in [0.15, 0.2) is 0 Å². The van der Waals surface area contributed by atoms with Gasteiger partial charge in [-0.1, -0.05) is 6.07 Å². The number of hydrogen-bond donors (Lipinski definition) is 2. The Morgan fingerprint density at radius 2 is 2.15 bits per heavy atom. The van der Waals surface area contributed by atoms with Gasteiger partial charge in [-0.25, -0.2) is 4.39 Å². The molecule has 0 aromatic heterocycles. The lowest BCUT2D eigenvalue weighted by molar-refractivity contribution is 0.102. The van der Waals surface area contributed by atoms with Crippen molar-refractivity contribution < 1.29 is 9.18 Å². The highest BCUT2D eigenvalue weighted by Crippen LogP contribution is 2.26. The van der Waals surface area contributed by atoms with Crippen molar-refractivity contribution in [2.24, 2.45) is 0 Å². The van der Waals surface area contributed by atoms with E-state index in [9.17, 15) is 9.18 Å². The number of anilines is 2. The first-order valence-corrected chi connectivity index (χ1v) is 7.06. The van der Waals surface area contributed by atoms with Crippen molar-refractivity contribution in [1.82, 2.24) is 0 Å². The molecule has 1 aliphatic rings. The number of benzene rings is 2. The highest BCUT2D eigenvalue weighted by molar-refractivity contribution is 9.10. The minimum Gasteiger partial charge on any atom is -0.384 e. The maximum Gasteiger partial charge on any atom is 0.258 e. The Morgan fingerprint density at radius 1 is 1.30 bits per heavy atom. The van der Waals surface area contributed by atoms with Crippen LogP contribution in [0.1, 0.15) is 15.9 Å². The van der Waals surface area contributed by atoms with Crippen LogP contribution in [-0.4, -0.2) is 12.5 Å². The summed E-state index contributed by atoms with van der Waals surface area (Å²) in [5, 5.41) is 5.98. The molecule has 102 valence electrons. The Balaban J connectivity index is 1.84. The van der Waals surface area contributed by atoms with Gasteiger partial charge in [0.25, 0.3) is 5.91 Å². The van der Waals surface area contributed by atoms with Gasteiger partial charge in [-0.2, -0.15) is 0 Å². The summed E-state index contributed by atoms with van der Waals surface area (Å²) in [6, 6.07) is 10.3. The molecule has 3 nitrogen and oxygen atoms in total. The van der Waals surface area contributed by atoms with E-state index in [1.807, 2.05) is 18.2 Å². The molecule has 1 heterocycles. The van der Waals surface area contributed by atoms with E-state index in [4.69, 9.17) is 0 Å². The number of rotatable bonds is 2. The average molecular weight is 335 g/mol. The number of halogens is 2. The van der Waals surface area contributed by atoms with Gasteiger partial charge in [0.05, 0.1) is 10.0 Å². The molecule has 0 unspecified atom stereocenters. The molecule has 20 heavy (non-hydrogen) atoms. The maximum atomic E-state index is 13.9. The largest absolute Gasteiger partial charge is 0.384 e. The Hall–Kier alpha value is -1.88. The van der Waals surface area contributed by atoms with Crippen LogP contribution in [0.15, 0.2) is 40.9 Å². The van der Waals surface area contributed by atoms with Crippen LogP contribution in [0.25, 0.3) is 0 Å². The summed E-state index contributed by atoms with van der Waals surface area (Å²) in [7, 11) is 0. The summed E-state index contributed by atoms with van der Waals surface area (Å²) in [4.78, 5) is 12.1. The van der Waals surface area contributed by atoms with Crippen molar-refractivity contribution in [1.29, 1.82) is 0 Å². The number of fused-ring (bicyclic) bond motifs is 1. The summed E-state index contributed by atoms with van der Waals surface area (Å²) in [6.45, 7) is 0.910. The lowest BCUT2D eigenvalue weighted by atomic mass is 10.1. The van der Waals surface area contributed by atoms with Gasteiger partial charge in [-0.3, -0.25) is 4.79 Å². The minimum absolute atomic E-state index is 0.0259. The molecule has 0 saturated carbocycles.